The maximum atomic E-state index is 14.6. The van der Waals surface area contributed by atoms with Crippen LogP contribution in [0.3, 0.4) is 0 Å². The van der Waals surface area contributed by atoms with Crippen LogP contribution in [0.1, 0.15) is 49.8 Å². The van der Waals surface area contributed by atoms with E-state index in [9.17, 15) is 14.0 Å². The summed E-state index contributed by atoms with van der Waals surface area (Å²) in [4.78, 5) is 28.6. The number of aryl methyl sites for hydroxylation is 1. The number of halogens is 1. The van der Waals surface area contributed by atoms with Crippen molar-refractivity contribution in [2.45, 2.75) is 65.1 Å². The second-order valence-electron chi connectivity index (χ2n) is 9.40. The monoisotopic (exact) mass is 504 g/mol. The van der Waals surface area contributed by atoms with Crippen molar-refractivity contribution in [3.8, 4) is 5.75 Å². The van der Waals surface area contributed by atoms with Gasteiger partial charge in [0.25, 0.3) is 0 Å². The van der Waals surface area contributed by atoms with Crippen LogP contribution >= 0.6 is 0 Å². The highest BCUT2D eigenvalue weighted by atomic mass is 19.1. The van der Waals surface area contributed by atoms with Gasteiger partial charge >= 0.3 is 0 Å². The smallest absolute Gasteiger partial charge is 0.243 e. The van der Waals surface area contributed by atoms with Crippen molar-refractivity contribution in [3.05, 3.63) is 101 Å². The van der Waals surface area contributed by atoms with Crippen molar-refractivity contribution < 1.29 is 18.7 Å². The Morgan fingerprint density at radius 3 is 2.32 bits per heavy atom. The number of amides is 2. The maximum Gasteiger partial charge on any atom is 0.243 e. The topological polar surface area (TPSA) is 58.6 Å². The minimum atomic E-state index is -0.776. The summed E-state index contributed by atoms with van der Waals surface area (Å²) >= 11 is 0. The van der Waals surface area contributed by atoms with E-state index in [1.54, 1.807) is 18.2 Å². The molecule has 0 aromatic heterocycles. The summed E-state index contributed by atoms with van der Waals surface area (Å²) in [5.41, 5.74) is 2.45. The Morgan fingerprint density at radius 2 is 1.65 bits per heavy atom. The Balaban J connectivity index is 1.80. The molecule has 0 fully saturated rings. The Bertz CT molecular complexity index is 1130. The summed E-state index contributed by atoms with van der Waals surface area (Å²) in [6.07, 6.45) is 1.76. The molecule has 2 atom stereocenters. The molecule has 196 valence electrons. The SMILES string of the molecule is CC[C@@H](C)NC(=O)[C@H](Cc1ccccc1)N(Cc1ccccc1F)C(=O)CCCOc1ccc(C)cc1. The lowest BCUT2D eigenvalue weighted by Gasteiger charge is -2.32. The van der Waals surface area contributed by atoms with Gasteiger partial charge in [0.1, 0.15) is 17.6 Å². The molecule has 3 rings (SSSR count). The van der Waals surface area contributed by atoms with E-state index in [1.807, 2.05) is 75.4 Å². The minimum Gasteiger partial charge on any atom is -0.494 e. The fraction of sp³-hybridized carbons (Fsp3) is 0.355. The standard InChI is InChI=1S/C31H37FN2O3/c1-4-24(3)33-31(36)29(21-25-11-6-5-7-12-25)34(22-26-13-8-9-14-28(26)32)30(35)15-10-20-37-27-18-16-23(2)17-19-27/h5-9,11-14,16-19,24,29H,4,10,15,20-22H2,1-3H3,(H,33,36)/t24-,29+/m1/s1. The van der Waals surface area contributed by atoms with Crippen LogP contribution in [0.2, 0.25) is 0 Å². The van der Waals surface area contributed by atoms with E-state index in [-0.39, 0.29) is 30.8 Å². The molecule has 0 aliphatic carbocycles. The van der Waals surface area contributed by atoms with Crippen LogP contribution in [-0.2, 0) is 22.6 Å². The molecule has 2 amide bonds. The Labute approximate surface area is 219 Å². The van der Waals surface area contributed by atoms with E-state index in [0.717, 1.165) is 23.3 Å². The molecule has 0 unspecified atom stereocenters. The molecule has 0 spiro atoms. The predicted octanol–water partition coefficient (Wildman–Crippen LogP) is 5.85. The van der Waals surface area contributed by atoms with Gasteiger partial charge in [0.15, 0.2) is 0 Å². The first-order chi connectivity index (χ1) is 17.9. The number of hydrogen-bond donors (Lipinski definition) is 1. The van der Waals surface area contributed by atoms with Gasteiger partial charge < -0.3 is 15.0 Å². The summed E-state index contributed by atoms with van der Waals surface area (Å²) in [7, 11) is 0. The quantitative estimate of drug-likeness (QED) is 0.297. The van der Waals surface area contributed by atoms with Gasteiger partial charge in [-0.1, -0.05) is 73.2 Å². The van der Waals surface area contributed by atoms with Crippen molar-refractivity contribution in [1.82, 2.24) is 10.2 Å². The maximum absolute atomic E-state index is 14.6. The Hall–Kier alpha value is -3.67. The van der Waals surface area contributed by atoms with E-state index < -0.39 is 11.9 Å². The van der Waals surface area contributed by atoms with Crippen LogP contribution in [0.25, 0.3) is 0 Å². The number of carbonyl (C=O) groups excluding carboxylic acids is 2. The summed E-state index contributed by atoms with van der Waals surface area (Å²) in [5.74, 6) is -0.102. The number of nitrogens with zero attached hydrogens (tertiary/aromatic N) is 1. The van der Waals surface area contributed by atoms with Crippen LogP contribution in [0.4, 0.5) is 4.39 Å². The lowest BCUT2D eigenvalue weighted by molar-refractivity contribution is -0.141. The first-order valence-corrected chi connectivity index (χ1v) is 12.9. The molecule has 3 aromatic rings. The zero-order valence-corrected chi connectivity index (χ0v) is 22.0. The Morgan fingerprint density at radius 1 is 0.973 bits per heavy atom. The van der Waals surface area contributed by atoms with Gasteiger partial charge in [-0.2, -0.15) is 0 Å². The molecule has 0 saturated carbocycles. The van der Waals surface area contributed by atoms with Gasteiger partial charge in [-0.15, -0.1) is 0 Å². The third kappa shape index (κ3) is 8.74. The summed E-state index contributed by atoms with van der Waals surface area (Å²) in [6, 6.07) is 22.9. The average molecular weight is 505 g/mol. The second-order valence-corrected chi connectivity index (χ2v) is 9.40. The molecular formula is C31H37FN2O3. The molecule has 0 aliphatic heterocycles. The van der Waals surface area contributed by atoms with Crippen LogP contribution in [-0.4, -0.2) is 35.4 Å². The first-order valence-electron chi connectivity index (χ1n) is 12.9. The zero-order chi connectivity index (χ0) is 26.6. The molecule has 1 N–H and O–H groups in total. The highest BCUT2D eigenvalue weighted by Gasteiger charge is 2.31. The Kier molecular flexibility index (Phi) is 10.7. The van der Waals surface area contributed by atoms with E-state index in [2.05, 4.69) is 5.32 Å². The zero-order valence-electron chi connectivity index (χ0n) is 22.0. The molecule has 3 aromatic carbocycles. The highest BCUT2D eigenvalue weighted by Crippen LogP contribution is 2.19. The molecule has 0 bridgehead atoms. The molecule has 0 heterocycles. The average Bonchev–Trinajstić information content (AvgIpc) is 2.91. The van der Waals surface area contributed by atoms with E-state index in [0.29, 0.717) is 25.0 Å². The molecule has 0 saturated heterocycles. The van der Waals surface area contributed by atoms with Crippen LogP contribution in [0, 0.1) is 12.7 Å². The van der Waals surface area contributed by atoms with Crippen molar-refractivity contribution in [2.24, 2.45) is 0 Å². The third-order valence-electron chi connectivity index (χ3n) is 6.40. The second kappa shape index (κ2) is 14.2. The van der Waals surface area contributed by atoms with Gasteiger partial charge in [0.05, 0.1) is 6.61 Å². The molecule has 0 radical (unpaired) electrons. The largest absolute Gasteiger partial charge is 0.494 e. The molecule has 37 heavy (non-hydrogen) atoms. The van der Waals surface area contributed by atoms with E-state index in [4.69, 9.17) is 4.74 Å². The van der Waals surface area contributed by atoms with E-state index in [1.165, 1.54) is 11.0 Å². The van der Waals surface area contributed by atoms with E-state index >= 15 is 0 Å². The number of ether oxygens (including phenoxy) is 1. The molecule has 5 nitrogen and oxygen atoms in total. The van der Waals surface area contributed by atoms with Gasteiger partial charge in [0.2, 0.25) is 11.8 Å². The van der Waals surface area contributed by atoms with Gasteiger partial charge in [-0.3, -0.25) is 9.59 Å². The predicted molar refractivity (Wildman–Crippen MR) is 145 cm³/mol. The fourth-order valence-electron chi connectivity index (χ4n) is 4.00. The van der Waals surface area contributed by atoms with Crippen LogP contribution in [0.15, 0.2) is 78.9 Å². The summed E-state index contributed by atoms with van der Waals surface area (Å²) in [6.45, 7) is 6.31. The molecule has 6 heteroatoms. The number of nitrogens with one attached hydrogen (secondary N) is 1. The van der Waals surface area contributed by atoms with Gasteiger partial charge in [-0.25, -0.2) is 4.39 Å². The van der Waals surface area contributed by atoms with Crippen LogP contribution < -0.4 is 10.1 Å². The number of hydrogen-bond acceptors (Lipinski definition) is 3. The number of rotatable bonds is 13. The number of benzene rings is 3. The highest BCUT2D eigenvalue weighted by molar-refractivity contribution is 5.88. The van der Waals surface area contributed by atoms with Crippen molar-refractivity contribution in [3.63, 3.8) is 0 Å². The third-order valence-corrected chi connectivity index (χ3v) is 6.40. The molecular weight excluding hydrogens is 467 g/mol. The fourth-order valence-corrected chi connectivity index (χ4v) is 4.00. The van der Waals surface area contributed by atoms with Gasteiger partial charge in [-0.05, 0) is 50.5 Å². The summed E-state index contributed by atoms with van der Waals surface area (Å²) in [5, 5.41) is 3.03. The van der Waals surface area contributed by atoms with Crippen molar-refractivity contribution >= 4 is 11.8 Å². The lowest BCUT2D eigenvalue weighted by Crippen LogP contribution is -2.52. The lowest BCUT2D eigenvalue weighted by atomic mass is 10.0. The van der Waals surface area contributed by atoms with Gasteiger partial charge in [0, 0.05) is 31.0 Å². The first kappa shape index (κ1) is 27.9. The van der Waals surface area contributed by atoms with Crippen molar-refractivity contribution in [2.75, 3.05) is 6.61 Å². The summed E-state index contributed by atoms with van der Waals surface area (Å²) < 4.78 is 20.4. The molecule has 0 aliphatic rings. The van der Waals surface area contributed by atoms with Crippen LogP contribution in [0.5, 0.6) is 5.75 Å². The number of carbonyl (C=O) groups is 2. The van der Waals surface area contributed by atoms with Crippen molar-refractivity contribution in [1.29, 1.82) is 0 Å². The minimum absolute atomic E-state index is 0.00967. The normalized spacial score (nSPS) is 12.4.